The van der Waals surface area contributed by atoms with Gasteiger partial charge in [-0.1, -0.05) is 42.3 Å². The van der Waals surface area contributed by atoms with Crippen LogP contribution >= 0.6 is 23.2 Å². The minimum absolute atomic E-state index is 0.0253. The number of benzene rings is 2. The van der Waals surface area contributed by atoms with Gasteiger partial charge in [0.1, 0.15) is 11.5 Å². The van der Waals surface area contributed by atoms with E-state index >= 15 is 0 Å². The van der Waals surface area contributed by atoms with Gasteiger partial charge < -0.3 is 15.0 Å². The molecular weight excluding hydrogens is 514 g/mol. The molecule has 37 heavy (non-hydrogen) atoms. The summed E-state index contributed by atoms with van der Waals surface area (Å²) in [6.45, 7) is 6.61. The fourth-order valence-corrected chi connectivity index (χ4v) is 5.40. The number of morpholine rings is 1. The molecule has 0 bridgehead atoms. The zero-order chi connectivity index (χ0) is 25.9. The lowest BCUT2D eigenvalue weighted by Crippen LogP contribution is -2.41. The van der Waals surface area contributed by atoms with E-state index < -0.39 is 5.82 Å². The average Bonchev–Trinajstić information content (AvgIpc) is 3.35. The molecule has 1 amide bonds. The van der Waals surface area contributed by atoms with Crippen molar-refractivity contribution in [3.63, 3.8) is 0 Å². The Kier molecular flexibility index (Phi) is 7.76. The number of halogens is 3. The topological polar surface area (TPSA) is 70.2 Å². The van der Waals surface area contributed by atoms with E-state index in [4.69, 9.17) is 27.9 Å². The van der Waals surface area contributed by atoms with Gasteiger partial charge >= 0.3 is 0 Å². The molecule has 1 aliphatic rings. The highest BCUT2D eigenvalue weighted by molar-refractivity contribution is 6.36. The lowest BCUT2D eigenvalue weighted by atomic mass is 9.92. The van der Waals surface area contributed by atoms with Crippen molar-refractivity contribution in [1.82, 2.24) is 20.2 Å². The molecule has 0 aliphatic carbocycles. The largest absolute Gasteiger partial charge is 0.379 e. The summed E-state index contributed by atoms with van der Waals surface area (Å²) in [5, 5.41) is 4.32. The van der Waals surface area contributed by atoms with Crippen molar-refractivity contribution in [2.45, 2.75) is 12.8 Å². The van der Waals surface area contributed by atoms with Gasteiger partial charge in [0.05, 0.1) is 18.2 Å². The van der Waals surface area contributed by atoms with Gasteiger partial charge in [-0.15, -0.1) is 0 Å². The Balaban J connectivity index is 1.33. The van der Waals surface area contributed by atoms with Gasteiger partial charge in [-0.2, -0.15) is 0 Å². The first-order chi connectivity index (χ1) is 17.9. The normalized spacial score (nSPS) is 15.1. The van der Waals surface area contributed by atoms with Crippen molar-refractivity contribution >= 4 is 40.1 Å². The van der Waals surface area contributed by atoms with E-state index in [2.05, 4.69) is 20.2 Å². The van der Waals surface area contributed by atoms with Crippen LogP contribution in [0.25, 0.3) is 22.2 Å². The number of fused-ring (bicyclic) bond motifs is 1. The van der Waals surface area contributed by atoms with E-state index in [-0.39, 0.29) is 16.8 Å². The number of amides is 1. The Morgan fingerprint density at radius 1 is 1.16 bits per heavy atom. The smallest absolute Gasteiger partial charge is 0.251 e. The van der Waals surface area contributed by atoms with Crippen molar-refractivity contribution in [2.24, 2.45) is 0 Å². The van der Waals surface area contributed by atoms with Crippen molar-refractivity contribution in [3.8, 4) is 11.1 Å². The predicted molar refractivity (Wildman–Crippen MR) is 145 cm³/mol. The number of rotatable bonds is 7. The summed E-state index contributed by atoms with van der Waals surface area (Å²) in [4.78, 5) is 22.6. The summed E-state index contributed by atoms with van der Waals surface area (Å²) in [6, 6.07) is 12.3. The summed E-state index contributed by atoms with van der Waals surface area (Å²) in [6.07, 6.45) is 3.64. The summed E-state index contributed by atoms with van der Waals surface area (Å²) in [5.41, 5.74) is 4.60. The highest BCUT2D eigenvalue weighted by Gasteiger charge is 2.22. The van der Waals surface area contributed by atoms with Crippen LogP contribution in [0.4, 0.5) is 4.39 Å². The molecule has 2 N–H and O–H groups in total. The van der Waals surface area contributed by atoms with Crippen LogP contribution in [0.3, 0.4) is 0 Å². The second kappa shape index (κ2) is 11.2. The van der Waals surface area contributed by atoms with Gasteiger partial charge in [0.25, 0.3) is 5.91 Å². The summed E-state index contributed by atoms with van der Waals surface area (Å²) in [7, 11) is 0. The van der Waals surface area contributed by atoms with Gasteiger partial charge in [-0.05, 0) is 47.0 Å². The Labute approximate surface area is 224 Å². The quantitative estimate of drug-likeness (QED) is 0.287. The van der Waals surface area contributed by atoms with Gasteiger partial charge in [0, 0.05) is 66.0 Å². The number of hydrogen-bond donors (Lipinski definition) is 2. The molecule has 1 aliphatic heterocycles. The lowest BCUT2D eigenvalue weighted by Gasteiger charge is -2.26. The van der Waals surface area contributed by atoms with Crippen LogP contribution in [0, 0.1) is 5.82 Å². The number of carbonyl (C=O) groups is 1. The summed E-state index contributed by atoms with van der Waals surface area (Å²) >= 11 is 12.7. The molecule has 6 nitrogen and oxygen atoms in total. The standard InChI is InChI=1S/C28H27Cl2FN4O2/c1-17(25-23(29)6-7-24(31)26(25)30)22-16-34-27-21(22)14-20(15-33-27)18-2-4-19(5-3-18)28(36)32-8-9-35-10-12-37-13-11-35/h2-7,14-17H,8-13H2,1H3,(H,32,36)(H,33,34). The number of nitrogens with zero attached hydrogens (tertiary/aromatic N) is 2. The molecule has 0 spiro atoms. The third-order valence-corrected chi connectivity index (χ3v) is 7.55. The molecule has 1 saturated heterocycles. The summed E-state index contributed by atoms with van der Waals surface area (Å²) in [5.74, 6) is -0.860. The minimum atomic E-state index is -0.503. The number of H-pyrrole nitrogens is 1. The number of aromatic amines is 1. The van der Waals surface area contributed by atoms with Crippen LogP contribution in [-0.2, 0) is 4.74 Å². The van der Waals surface area contributed by atoms with Crippen LogP contribution in [0.15, 0.2) is 54.9 Å². The Bertz CT molecular complexity index is 1420. The first kappa shape index (κ1) is 25.7. The fourth-order valence-electron chi connectivity index (χ4n) is 4.70. The zero-order valence-electron chi connectivity index (χ0n) is 20.4. The number of ether oxygens (including phenoxy) is 1. The molecule has 1 unspecified atom stereocenters. The van der Waals surface area contributed by atoms with Crippen molar-refractivity contribution in [1.29, 1.82) is 0 Å². The number of aromatic nitrogens is 2. The maximum atomic E-state index is 14.2. The van der Waals surface area contributed by atoms with E-state index in [1.807, 2.05) is 43.5 Å². The van der Waals surface area contributed by atoms with Crippen LogP contribution in [-0.4, -0.2) is 60.2 Å². The molecule has 2 aromatic heterocycles. The van der Waals surface area contributed by atoms with Gasteiger partial charge in [0.2, 0.25) is 0 Å². The van der Waals surface area contributed by atoms with E-state index in [1.165, 1.54) is 12.1 Å². The second-order valence-electron chi connectivity index (χ2n) is 9.13. The Morgan fingerprint density at radius 2 is 1.92 bits per heavy atom. The van der Waals surface area contributed by atoms with Crippen LogP contribution in [0.5, 0.6) is 0 Å². The van der Waals surface area contributed by atoms with Crippen molar-refractivity contribution in [3.05, 3.63) is 87.4 Å². The zero-order valence-corrected chi connectivity index (χ0v) is 21.9. The van der Waals surface area contributed by atoms with E-state index in [0.717, 1.165) is 54.9 Å². The molecular formula is C28H27Cl2FN4O2. The molecule has 0 saturated carbocycles. The third-order valence-electron chi connectivity index (χ3n) is 6.84. The van der Waals surface area contributed by atoms with Crippen LogP contribution in [0.2, 0.25) is 10.0 Å². The average molecular weight is 541 g/mol. The number of nitrogens with one attached hydrogen (secondary N) is 2. The van der Waals surface area contributed by atoms with Crippen LogP contribution in [0.1, 0.15) is 34.3 Å². The van der Waals surface area contributed by atoms with Crippen LogP contribution < -0.4 is 5.32 Å². The van der Waals surface area contributed by atoms with Crippen molar-refractivity contribution in [2.75, 3.05) is 39.4 Å². The first-order valence-corrected chi connectivity index (χ1v) is 13.0. The Morgan fingerprint density at radius 3 is 2.68 bits per heavy atom. The molecule has 192 valence electrons. The molecule has 2 aromatic carbocycles. The van der Waals surface area contributed by atoms with Gasteiger partial charge in [-0.25, -0.2) is 9.37 Å². The minimum Gasteiger partial charge on any atom is -0.379 e. The van der Waals surface area contributed by atoms with E-state index in [1.54, 1.807) is 6.20 Å². The second-order valence-corrected chi connectivity index (χ2v) is 9.92. The number of carbonyl (C=O) groups excluding carboxylic acids is 1. The molecule has 3 heterocycles. The maximum absolute atomic E-state index is 14.2. The third kappa shape index (κ3) is 5.50. The van der Waals surface area contributed by atoms with E-state index in [9.17, 15) is 9.18 Å². The SMILES string of the molecule is CC(c1c(Cl)ccc(F)c1Cl)c1c[nH]c2ncc(-c3ccc(C(=O)NCCN4CCOCC4)cc3)cc12. The predicted octanol–water partition coefficient (Wildman–Crippen LogP) is 5.89. The molecule has 5 rings (SSSR count). The molecule has 9 heteroatoms. The highest BCUT2D eigenvalue weighted by atomic mass is 35.5. The fraction of sp³-hybridized carbons (Fsp3) is 0.286. The summed E-state index contributed by atoms with van der Waals surface area (Å²) < 4.78 is 19.5. The number of pyridine rings is 1. The molecule has 0 radical (unpaired) electrons. The molecule has 4 aromatic rings. The highest BCUT2D eigenvalue weighted by Crippen LogP contribution is 2.39. The molecule has 1 fully saturated rings. The first-order valence-electron chi connectivity index (χ1n) is 12.2. The van der Waals surface area contributed by atoms with Gasteiger partial charge in [0.15, 0.2) is 0 Å². The molecule has 1 atom stereocenters. The number of hydrogen-bond acceptors (Lipinski definition) is 4. The monoisotopic (exact) mass is 540 g/mol. The van der Waals surface area contributed by atoms with E-state index in [0.29, 0.717) is 28.3 Å². The maximum Gasteiger partial charge on any atom is 0.251 e. The van der Waals surface area contributed by atoms with Gasteiger partial charge in [-0.3, -0.25) is 9.69 Å². The van der Waals surface area contributed by atoms with Crippen molar-refractivity contribution < 1.29 is 13.9 Å². The lowest BCUT2D eigenvalue weighted by molar-refractivity contribution is 0.0383. The Hall–Kier alpha value is -2.97.